The zero-order chi connectivity index (χ0) is 10.1. The van der Waals surface area contributed by atoms with E-state index < -0.39 is 0 Å². The molecule has 1 N–H and O–H groups in total. The number of rotatable bonds is 1. The largest absolute Gasteiger partial charge is 0.362 e. The second-order valence-electron chi connectivity index (χ2n) is 5.39. The van der Waals surface area contributed by atoms with Gasteiger partial charge in [0, 0.05) is 18.3 Å². The van der Waals surface area contributed by atoms with Gasteiger partial charge in [0.25, 0.3) is 0 Å². The normalized spacial score (nSPS) is 30.0. The Labute approximate surface area is 96.3 Å². The van der Waals surface area contributed by atoms with Gasteiger partial charge < -0.3 is 5.32 Å². The summed E-state index contributed by atoms with van der Waals surface area (Å²) in [6.45, 7) is 1.09. The summed E-state index contributed by atoms with van der Waals surface area (Å²) < 4.78 is 0. The molecule has 0 amide bonds. The van der Waals surface area contributed by atoms with Crippen LogP contribution in [-0.2, 0) is 0 Å². The van der Waals surface area contributed by atoms with Crippen LogP contribution in [-0.4, -0.2) is 23.5 Å². The fourth-order valence-corrected chi connectivity index (χ4v) is 3.87. The number of hydrogen-bond acceptors (Lipinski definition) is 3. The van der Waals surface area contributed by atoms with E-state index in [2.05, 4.69) is 5.32 Å². The molecule has 3 aliphatic rings. The summed E-state index contributed by atoms with van der Waals surface area (Å²) in [5, 5.41) is 4.76. The van der Waals surface area contributed by atoms with Crippen LogP contribution in [0.1, 0.15) is 44.9 Å². The SMILES string of the molecule is C1CCC2(CC1)CN=C(NC1CC1)SC2. The molecular weight excluding hydrogens is 204 g/mol. The highest BCUT2D eigenvalue weighted by Gasteiger charge is 2.35. The highest BCUT2D eigenvalue weighted by Crippen LogP contribution is 2.41. The van der Waals surface area contributed by atoms with Crippen LogP contribution in [0.2, 0.25) is 0 Å². The first-order valence-corrected chi connectivity index (χ1v) is 7.29. The van der Waals surface area contributed by atoms with Crippen LogP contribution in [0.3, 0.4) is 0 Å². The Morgan fingerprint density at radius 3 is 2.60 bits per heavy atom. The lowest BCUT2D eigenvalue weighted by atomic mass is 9.75. The van der Waals surface area contributed by atoms with E-state index in [0.717, 1.165) is 12.6 Å². The molecule has 3 rings (SSSR count). The van der Waals surface area contributed by atoms with Gasteiger partial charge in [0.15, 0.2) is 5.17 Å². The molecule has 0 bridgehead atoms. The second-order valence-corrected chi connectivity index (χ2v) is 6.35. The van der Waals surface area contributed by atoms with Crippen LogP contribution in [0.15, 0.2) is 4.99 Å². The van der Waals surface area contributed by atoms with Crippen molar-refractivity contribution in [1.82, 2.24) is 5.32 Å². The van der Waals surface area contributed by atoms with E-state index in [9.17, 15) is 0 Å². The topological polar surface area (TPSA) is 24.4 Å². The molecule has 0 radical (unpaired) electrons. The van der Waals surface area contributed by atoms with Gasteiger partial charge in [-0.2, -0.15) is 0 Å². The number of amidine groups is 1. The zero-order valence-corrected chi connectivity index (χ0v) is 10.1. The Morgan fingerprint density at radius 1 is 1.20 bits per heavy atom. The fraction of sp³-hybridized carbons (Fsp3) is 0.917. The Hall–Kier alpha value is -0.180. The van der Waals surface area contributed by atoms with Crippen LogP contribution in [0.25, 0.3) is 0 Å². The molecule has 2 aliphatic carbocycles. The maximum absolute atomic E-state index is 4.76. The van der Waals surface area contributed by atoms with Crippen LogP contribution >= 0.6 is 11.8 Å². The molecule has 0 atom stereocenters. The number of nitrogens with one attached hydrogen (secondary N) is 1. The first-order valence-electron chi connectivity index (χ1n) is 6.30. The molecule has 2 fully saturated rings. The summed E-state index contributed by atoms with van der Waals surface area (Å²) in [6, 6.07) is 0.761. The molecule has 0 aromatic carbocycles. The van der Waals surface area contributed by atoms with Crippen LogP contribution in [0, 0.1) is 5.41 Å². The standard InChI is InChI=1S/C12H20N2S/c1-2-6-12(7-3-1)8-13-11(15-9-12)14-10-4-5-10/h10H,1-9H2,(H,13,14). The molecule has 1 aliphatic heterocycles. The van der Waals surface area contributed by atoms with E-state index in [1.165, 1.54) is 55.9 Å². The summed E-state index contributed by atoms with van der Waals surface area (Å²) in [4.78, 5) is 4.76. The Kier molecular flexibility index (Phi) is 2.67. The van der Waals surface area contributed by atoms with E-state index in [1.807, 2.05) is 11.8 Å². The van der Waals surface area contributed by atoms with Crippen molar-refractivity contribution in [1.29, 1.82) is 0 Å². The van der Waals surface area contributed by atoms with E-state index in [1.54, 1.807) is 0 Å². The maximum Gasteiger partial charge on any atom is 0.156 e. The summed E-state index contributed by atoms with van der Waals surface area (Å²) in [7, 11) is 0. The van der Waals surface area contributed by atoms with Crippen molar-refractivity contribution in [3.63, 3.8) is 0 Å². The van der Waals surface area contributed by atoms with Crippen molar-refractivity contribution in [3.05, 3.63) is 0 Å². The van der Waals surface area contributed by atoms with Crippen molar-refractivity contribution < 1.29 is 0 Å². The summed E-state index contributed by atoms with van der Waals surface area (Å²) in [5.74, 6) is 1.31. The van der Waals surface area contributed by atoms with Gasteiger partial charge in [-0.1, -0.05) is 31.0 Å². The first-order chi connectivity index (χ1) is 7.36. The average molecular weight is 224 g/mol. The van der Waals surface area contributed by atoms with Gasteiger partial charge in [0.1, 0.15) is 0 Å². The van der Waals surface area contributed by atoms with Crippen molar-refractivity contribution in [2.75, 3.05) is 12.3 Å². The molecular formula is C12H20N2S. The van der Waals surface area contributed by atoms with Gasteiger partial charge in [-0.15, -0.1) is 0 Å². The van der Waals surface area contributed by atoms with Crippen LogP contribution in [0.4, 0.5) is 0 Å². The molecule has 15 heavy (non-hydrogen) atoms. The van der Waals surface area contributed by atoms with Crippen molar-refractivity contribution >= 4 is 16.9 Å². The predicted molar refractivity (Wildman–Crippen MR) is 66.4 cm³/mol. The van der Waals surface area contributed by atoms with Crippen LogP contribution < -0.4 is 5.32 Å². The lowest BCUT2D eigenvalue weighted by Crippen LogP contribution is -2.37. The quantitative estimate of drug-likeness (QED) is 0.740. The monoisotopic (exact) mass is 224 g/mol. The number of aliphatic imine (C=N–C) groups is 1. The van der Waals surface area contributed by atoms with Crippen molar-refractivity contribution in [2.24, 2.45) is 10.4 Å². The Balaban J connectivity index is 1.59. The number of nitrogens with zero attached hydrogens (tertiary/aromatic N) is 1. The second kappa shape index (κ2) is 4.00. The van der Waals surface area contributed by atoms with Gasteiger partial charge in [-0.3, -0.25) is 4.99 Å². The number of thioether (sulfide) groups is 1. The molecule has 84 valence electrons. The third kappa shape index (κ3) is 2.32. The third-order valence-electron chi connectivity index (χ3n) is 3.89. The minimum atomic E-state index is 0.581. The van der Waals surface area contributed by atoms with Gasteiger partial charge in [0.2, 0.25) is 0 Å². The highest BCUT2D eigenvalue weighted by atomic mass is 32.2. The Morgan fingerprint density at radius 2 is 2.00 bits per heavy atom. The lowest BCUT2D eigenvalue weighted by molar-refractivity contribution is 0.232. The number of hydrogen-bond donors (Lipinski definition) is 1. The third-order valence-corrected chi connectivity index (χ3v) is 5.17. The average Bonchev–Trinajstić information content (AvgIpc) is 3.07. The summed E-state index contributed by atoms with van der Waals surface area (Å²) in [5.41, 5.74) is 0.581. The molecule has 0 saturated heterocycles. The highest BCUT2D eigenvalue weighted by molar-refractivity contribution is 8.13. The zero-order valence-electron chi connectivity index (χ0n) is 9.30. The Bertz CT molecular complexity index is 265. The molecule has 0 aromatic rings. The first kappa shape index (κ1) is 10.0. The van der Waals surface area contributed by atoms with Gasteiger partial charge >= 0.3 is 0 Å². The van der Waals surface area contributed by atoms with Gasteiger partial charge in [-0.25, -0.2) is 0 Å². The molecule has 2 saturated carbocycles. The molecule has 2 nitrogen and oxygen atoms in total. The van der Waals surface area contributed by atoms with Gasteiger partial charge in [0.05, 0.1) is 0 Å². The van der Waals surface area contributed by atoms with E-state index in [4.69, 9.17) is 4.99 Å². The molecule has 1 heterocycles. The van der Waals surface area contributed by atoms with Gasteiger partial charge in [-0.05, 0) is 31.1 Å². The van der Waals surface area contributed by atoms with E-state index >= 15 is 0 Å². The summed E-state index contributed by atoms with van der Waals surface area (Å²) >= 11 is 1.98. The van der Waals surface area contributed by atoms with Crippen molar-refractivity contribution in [3.8, 4) is 0 Å². The lowest BCUT2D eigenvalue weighted by Gasteiger charge is -2.38. The van der Waals surface area contributed by atoms with Crippen molar-refractivity contribution in [2.45, 2.75) is 51.0 Å². The molecule has 0 unspecified atom stereocenters. The predicted octanol–water partition coefficient (Wildman–Crippen LogP) is 2.79. The summed E-state index contributed by atoms with van der Waals surface area (Å²) in [6.07, 6.45) is 9.85. The van der Waals surface area contributed by atoms with E-state index in [0.29, 0.717) is 5.41 Å². The molecule has 1 spiro atoms. The minimum absolute atomic E-state index is 0.581. The minimum Gasteiger partial charge on any atom is -0.362 e. The van der Waals surface area contributed by atoms with Crippen LogP contribution in [0.5, 0.6) is 0 Å². The van der Waals surface area contributed by atoms with E-state index in [-0.39, 0.29) is 0 Å². The fourth-order valence-electron chi connectivity index (χ4n) is 2.65. The molecule has 3 heteroatoms. The smallest absolute Gasteiger partial charge is 0.156 e. The molecule has 0 aromatic heterocycles. The maximum atomic E-state index is 4.76.